The molecule has 0 saturated carbocycles. The second kappa shape index (κ2) is 15.5. The lowest BCUT2D eigenvalue weighted by molar-refractivity contribution is 1.14. The van der Waals surface area contributed by atoms with Crippen LogP contribution in [0.2, 0.25) is 0 Å². The first-order chi connectivity index (χ1) is 40.4. The molecular weight excluding hydrogens is 937 g/mol. The topological polar surface area (TPSA) is 38.0 Å². The van der Waals surface area contributed by atoms with Crippen LogP contribution in [-0.2, 0) is 0 Å². The maximum absolute atomic E-state index is 12.4. The normalized spacial score (nSPS) is 13.7. The number of rotatable bonds is 5. The van der Waals surface area contributed by atoms with E-state index in [1.807, 2.05) is 127 Å². The molecule has 74 heavy (non-hydrogen) atoms. The zero-order chi connectivity index (χ0) is 56.6. The van der Waals surface area contributed by atoms with Crippen LogP contribution in [-0.4, -0.2) is 9.13 Å². The summed E-state index contributed by atoms with van der Waals surface area (Å²) in [7, 11) is 0. The van der Waals surface area contributed by atoms with Crippen LogP contribution in [0.4, 0.5) is 5.69 Å². The number of fused-ring (bicyclic) bond motifs is 14. The SMILES string of the molecule is [2H]c1c([2H])c([2H])c(-c2cccc3c2sc2c3ccc3c4ccc5c6ccccc6sc5c4n(-c4c(C#N)c(-c5ccccc5)c([N+]#[C-])c(-n5c6cccc7c8c([2H])c([2H])c([2H])c([2H])c8c8cccc5c8c76)c4-c4ccccc4)c32)c([2H])c1[2H]. The summed E-state index contributed by atoms with van der Waals surface area (Å²) >= 11 is 3.14. The molecule has 0 fully saturated rings. The number of hydrogen-bond donors (Lipinski definition) is 0. The van der Waals surface area contributed by atoms with Crippen molar-refractivity contribution >= 4 is 134 Å². The standard InChI is InChI=1S/C68H36N4S2/c1-70-61-57(40-20-7-3-8-21-40)53(38-69)62(58(41-22-9-4-10-23-41)65(61)71-54-31-16-28-46-43-24-11-12-25-44(43)47-29-17-32-55(71)60(47)59(46)54)72-63-48(34-36-51-45-26-13-14-33-56(45)73-67(51)63)49-35-37-52-50-30-15-27-42(39-18-5-2-6-19-39)66(50)74-68(52)64(49)72/h2-37H/i2D,5D,6D,11D,12D,18D,19D,24D,25D. The number of nitriles is 1. The first kappa shape index (κ1) is 33.2. The molecule has 16 aromatic rings. The molecule has 4 heterocycles. The summed E-state index contributed by atoms with van der Waals surface area (Å²) in [5.74, 6) is 0. The summed E-state index contributed by atoms with van der Waals surface area (Å²) in [6.45, 7) is 9.48. The first-order valence-corrected chi connectivity index (χ1v) is 25.7. The van der Waals surface area contributed by atoms with E-state index in [0.29, 0.717) is 71.8 Å². The lowest BCUT2D eigenvalue weighted by Gasteiger charge is -2.26. The molecule has 0 spiro atoms. The van der Waals surface area contributed by atoms with Gasteiger partial charge in [-0.25, -0.2) is 4.85 Å². The molecule has 4 aromatic heterocycles. The van der Waals surface area contributed by atoms with Gasteiger partial charge in [0.1, 0.15) is 6.07 Å². The van der Waals surface area contributed by atoms with E-state index in [9.17, 15) is 14.6 Å². The van der Waals surface area contributed by atoms with Gasteiger partial charge in [0.2, 0.25) is 5.69 Å². The van der Waals surface area contributed by atoms with Gasteiger partial charge in [0.15, 0.2) is 0 Å². The minimum atomic E-state index is -0.471. The molecule has 4 nitrogen and oxygen atoms in total. The van der Waals surface area contributed by atoms with Crippen molar-refractivity contribution in [3.63, 3.8) is 0 Å². The van der Waals surface area contributed by atoms with E-state index in [4.69, 9.17) is 9.60 Å². The van der Waals surface area contributed by atoms with E-state index in [-0.39, 0.29) is 53.1 Å². The Balaban J connectivity index is 1.18. The van der Waals surface area contributed by atoms with Crippen LogP contribution in [0.5, 0.6) is 0 Å². The first-order valence-electron chi connectivity index (χ1n) is 28.5. The van der Waals surface area contributed by atoms with E-state index in [0.717, 1.165) is 72.9 Å². The van der Waals surface area contributed by atoms with E-state index in [1.165, 1.54) is 11.3 Å². The highest BCUT2D eigenvalue weighted by molar-refractivity contribution is 7.27. The fourth-order valence-corrected chi connectivity index (χ4v) is 14.6. The van der Waals surface area contributed by atoms with Crippen LogP contribution in [0.1, 0.15) is 17.9 Å². The number of aromatic nitrogens is 2. The van der Waals surface area contributed by atoms with Crippen molar-refractivity contribution in [2.45, 2.75) is 0 Å². The zero-order valence-electron chi connectivity index (χ0n) is 47.7. The van der Waals surface area contributed by atoms with Gasteiger partial charge in [-0.05, 0) is 62.0 Å². The molecule has 6 heteroatoms. The van der Waals surface area contributed by atoms with Crippen LogP contribution in [0.3, 0.4) is 0 Å². The number of thiophene rings is 2. The highest BCUT2D eigenvalue weighted by atomic mass is 32.1. The monoisotopic (exact) mass is 981 g/mol. The third kappa shape index (κ3) is 5.43. The zero-order valence-corrected chi connectivity index (χ0v) is 40.3. The van der Waals surface area contributed by atoms with Crippen molar-refractivity contribution < 1.29 is 12.3 Å². The van der Waals surface area contributed by atoms with Crippen LogP contribution in [0, 0.1) is 17.9 Å². The third-order valence-electron chi connectivity index (χ3n) is 14.9. The molecule has 0 radical (unpaired) electrons. The van der Waals surface area contributed by atoms with Crippen LogP contribution >= 0.6 is 22.7 Å². The summed E-state index contributed by atoms with van der Waals surface area (Å²) in [5.41, 5.74) is 7.43. The largest absolute Gasteiger partial charge is 0.318 e. The summed E-state index contributed by atoms with van der Waals surface area (Å²) in [6, 6.07) is 53.4. The molecule has 0 bridgehead atoms. The Morgan fingerprint density at radius 2 is 0.959 bits per heavy atom. The highest BCUT2D eigenvalue weighted by Crippen LogP contribution is 2.56. The Labute approximate surface area is 444 Å². The molecule has 0 amide bonds. The van der Waals surface area contributed by atoms with Crippen molar-refractivity contribution in [3.8, 4) is 50.8 Å². The Kier molecular flexibility index (Phi) is 6.93. The maximum Gasteiger partial charge on any atom is 0.220 e. The highest BCUT2D eigenvalue weighted by Gasteiger charge is 2.33. The Hall–Kier alpha value is -9.56. The Bertz CT molecular complexity index is 5580. The minimum absolute atomic E-state index is 0.102. The minimum Gasteiger partial charge on any atom is -0.318 e. The molecule has 16 rings (SSSR count). The van der Waals surface area contributed by atoms with Crippen LogP contribution in [0.25, 0.3) is 155 Å². The van der Waals surface area contributed by atoms with E-state index in [2.05, 4.69) is 56.4 Å². The number of hydrogen-bond acceptors (Lipinski definition) is 3. The summed E-state index contributed by atoms with van der Waals surface area (Å²) in [4.78, 5) is 4.53. The van der Waals surface area contributed by atoms with Gasteiger partial charge in [-0.2, -0.15) is 5.26 Å². The van der Waals surface area contributed by atoms with Gasteiger partial charge in [0.25, 0.3) is 0 Å². The molecule has 0 aliphatic rings. The second-order valence-corrected chi connectivity index (χ2v) is 20.6. The predicted molar refractivity (Wildman–Crippen MR) is 314 cm³/mol. The molecule has 0 atom stereocenters. The lowest BCUT2D eigenvalue weighted by Crippen LogP contribution is -2.09. The third-order valence-corrected chi connectivity index (χ3v) is 17.4. The molecule has 0 saturated heterocycles. The van der Waals surface area contributed by atoms with Crippen molar-refractivity contribution in [2.75, 3.05) is 0 Å². The predicted octanol–water partition coefficient (Wildman–Crippen LogP) is 19.8. The average Bonchev–Trinajstić information content (AvgIpc) is 2.31. The van der Waals surface area contributed by atoms with Crippen LogP contribution in [0.15, 0.2) is 218 Å². The maximum atomic E-state index is 12.4. The van der Waals surface area contributed by atoms with Crippen molar-refractivity contribution in [3.05, 3.63) is 235 Å². The van der Waals surface area contributed by atoms with Gasteiger partial charge < -0.3 is 9.13 Å². The van der Waals surface area contributed by atoms with Gasteiger partial charge in [0.05, 0.1) is 67.3 Å². The number of benzene rings is 12. The van der Waals surface area contributed by atoms with Crippen LogP contribution < -0.4 is 0 Å². The summed E-state index contributed by atoms with van der Waals surface area (Å²) in [6.07, 6.45) is 0. The molecule has 12 aromatic carbocycles. The molecule has 0 aliphatic heterocycles. The fraction of sp³-hybridized carbons (Fsp3) is 0. The lowest BCUT2D eigenvalue weighted by atomic mass is 9.88. The van der Waals surface area contributed by atoms with Gasteiger partial charge >= 0.3 is 0 Å². The van der Waals surface area contributed by atoms with Gasteiger partial charge in [0, 0.05) is 63.6 Å². The van der Waals surface area contributed by atoms with E-state index < -0.39 is 18.1 Å². The van der Waals surface area contributed by atoms with Crippen molar-refractivity contribution in [1.82, 2.24) is 9.13 Å². The van der Waals surface area contributed by atoms with E-state index in [1.54, 1.807) is 11.3 Å². The van der Waals surface area contributed by atoms with Gasteiger partial charge in [-0.1, -0.05) is 200 Å². The van der Waals surface area contributed by atoms with Gasteiger partial charge in [-0.3, -0.25) is 0 Å². The van der Waals surface area contributed by atoms with Crippen molar-refractivity contribution in [2.24, 2.45) is 0 Å². The van der Waals surface area contributed by atoms with E-state index >= 15 is 0 Å². The van der Waals surface area contributed by atoms with Gasteiger partial charge in [-0.15, -0.1) is 22.7 Å². The quantitative estimate of drug-likeness (QED) is 0.125. The molecular formula is C68H36N4S2. The Morgan fingerprint density at radius 1 is 0.432 bits per heavy atom. The average molecular weight is 982 g/mol. The smallest absolute Gasteiger partial charge is 0.220 e. The molecule has 0 unspecified atom stereocenters. The number of nitrogens with zero attached hydrogens (tertiary/aromatic N) is 4. The van der Waals surface area contributed by atoms with Crippen molar-refractivity contribution in [1.29, 1.82) is 5.26 Å². The fourth-order valence-electron chi connectivity index (χ4n) is 12.0. The second-order valence-electron chi connectivity index (χ2n) is 18.5. The summed E-state index contributed by atoms with van der Waals surface area (Å²) < 4.78 is 88.6. The molecule has 340 valence electrons. The molecule has 0 N–H and O–H groups in total. The summed E-state index contributed by atoms with van der Waals surface area (Å²) in [5, 5.41) is 21.6. The molecule has 0 aliphatic carbocycles. The Morgan fingerprint density at radius 3 is 1.61 bits per heavy atom.